The lowest BCUT2D eigenvalue weighted by Crippen LogP contribution is -2.65. The number of benzene rings is 1. The number of ether oxygens (including phenoxy) is 11. The van der Waals surface area contributed by atoms with Crippen LogP contribution in [0.25, 0.3) is 0 Å². The number of aliphatic hydroxyl groups is 5. The van der Waals surface area contributed by atoms with Crippen LogP contribution in [-0.2, 0) is 47.5 Å². The summed E-state index contributed by atoms with van der Waals surface area (Å²) in [6.07, 6.45) is -9.15. The number of methoxy groups -OCH3 is 4. The second-order valence-electron chi connectivity index (χ2n) is 19.7. The highest BCUT2D eigenvalue weighted by Gasteiger charge is 2.51. The second kappa shape index (κ2) is 29.7. The van der Waals surface area contributed by atoms with E-state index in [1.165, 1.54) is 33.5 Å². The number of carbonyl (C=O) groups excluding carboxylic acids is 2. The number of thioether (sulfide) groups is 1. The van der Waals surface area contributed by atoms with E-state index in [0.29, 0.717) is 38.2 Å². The van der Waals surface area contributed by atoms with E-state index in [-0.39, 0.29) is 66.6 Å². The van der Waals surface area contributed by atoms with Crippen LogP contribution in [0.5, 0.6) is 17.2 Å². The third kappa shape index (κ3) is 14.7. The van der Waals surface area contributed by atoms with Gasteiger partial charge in [0.25, 0.3) is 0 Å². The first kappa shape index (κ1) is 65.3. The summed E-state index contributed by atoms with van der Waals surface area (Å²) in [7, 11) is 10.4. The van der Waals surface area contributed by atoms with E-state index in [9.17, 15) is 35.1 Å². The molecule has 4 aliphatic heterocycles. The SMILES string of the molecule is CCN[C@H]1CO[C@@H](O[C@H]2[C@H](O[C@H]3C#C/C=C\C#C[C@]4(O)CC(=O)C(C)=C3/C4=C\CSSSC)O[C@H](C)[C@@H](NO[C@H]3C[C@H](O)[C@H](SC(=O)c4c(C)c(I)c(O[C@@H]5O[C@@H](C)[C@H](O)[C@@H](OC)[C@H]5O)c(OC)c4OC)[C@@H](C)O3)[C@@H]2O)C[C@@H]1OC. The van der Waals surface area contributed by atoms with Gasteiger partial charge in [0.2, 0.25) is 17.2 Å². The quantitative estimate of drug-likeness (QED) is 0.0302. The Morgan fingerprint density at radius 1 is 0.887 bits per heavy atom. The van der Waals surface area contributed by atoms with Gasteiger partial charge in [-0.05, 0) is 103 Å². The van der Waals surface area contributed by atoms with E-state index in [4.69, 9.17) is 56.9 Å². The molecule has 6 aliphatic rings. The van der Waals surface area contributed by atoms with Crippen LogP contribution in [0.3, 0.4) is 0 Å². The molecule has 0 spiro atoms. The summed E-state index contributed by atoms with van der Waals surface area (Å²) in [5.41, 5.74) is 2.75. The number of halogens is 1. The van der Waals surface area contributed by atoms with E-state index in [2.05, 4.69) is 34.5 Å². The fourth-order valence-corrected chi connectivity index (χ4v) is 14.6. The summed E-state index contributed by atoms with van der Waals surface area (Å²) in [5, 5.41) is 59.9. The molecule has 1 aromatic carbocycles. The number of Topliss-reactive ketones (excluding diaryl/α,β-unsaturated/α-hetero) is 1. The van der Waals surface area contributed by atoms with Crippen LogP contribution < -0.4 is 25.0 Å². The van der Waals surface area contributed by atoms with Crippen molar-refractivity contribution in [2.75, 3.05) is 53.6 Å². The Hall–Kier alpha value is -2.21. The first-order chi connectivity index (χ1) is 38.2. The number of allylic oxidation sites excluding steroid dienone is 3. The van der Waals surface area contributed by atoms with Crippen LogP contribution in [0.2, 0.25) is 0 Å². The Bertz CT molecular complexity index is 2560. The lowest BCUT2D eigenvalue weighted by Gasteiger charge is -2.46. The van der Waals surface area contributed by atoms with Crippen LogP contribution >= 0.6 is 65.8 Å². The number of hydroxylamine groups is 1. The van der Waals surface area contributed by atoms with Gasteiger partial charge in [0.1, 0.15) is 36.6 Å². The number of aliphatic hydroxyl groups excluding tert-OH is 4. The summed E-state index contributed by atoms with van der Waals surface area (Å²) >= 11 is 2.86. The van der Waals surface area contributed by atoms with Gasteiger partial charge in [-0.25, -0.2) is 0 Å². The van der Waals surface area contributed by atoms with E-state index >= 15 is 0 Å². The number of nitrogens with one attached hydrogen (secondary N) is 2. The Labute approximate surface area is 496 Å². The highest BCUT2D eigenvalue weighted by atomic mass is 127. The van der Waals surface area contributed by atoms with E-state index in [1.54, 1.807) is 73.1 Å². The van der Waals surface area contributed by atoms with Gasteiger partial charge in [0, 0.05) is 44.0 Å². The molecular weight excluding hydrogens is 1240 g/mol. The molecular formula is C54H73IN2O19S4. The largest absolute Gasteiger partial charge is 0.492 e. The number of hydrogen-bond donors (Lipinski definition) is 7. The van der Waals surface area contributed by atoms with Crippen molar-refractivity contribution in [3.05, 3.63) is 49.6 Å². The highest BCUT2D eigenvalue weighted by molar-refractivity contribution is 14.1. The zero-order chi connectivity index (χ0) is 58.2. The molecule has 26 heteroatoms. The van der Waals surface area contributed by atoms with Crippen molar-refractivity contribution in [1.29, 1.82) is 0 Å². The third-order valence-electron chi connectivity index (χ3n) is 14.6. The molecule has 0 radical (unpaired) electrons. The van der Waals surface area contributed by atoms with Gasteiger partial charge in [-0.1, -0.05) is 70.0 Å². The predicted molar refractivity (Wildman–Crippen MR) is 310 cm³/mol. The normalized spacial score (nSPS) is 37.3. The van der Waals surface area contributed by atoms with Crippen LogP contribution in [0.4, 0.5) is 0 Å². The van der Waals surface area contributed by atoms with E-state index in [0.717, 1.165) is 11.8 Å². The van der Waals surface area contributed by atoms with Crippen LogP contribution in [0, 0.1) is 34.2 Å². The lowest BCUT2D eigenvalue weighted by molar-refractivity contribution is -0.336. The molecule has 7 N–H and O–H groups in total. The van der Waals surface area contributed by atoms with Crippen molar-refractivity contribution >= 4 is 76.7 Å². The average molecular weight is 1310 g/mol. The molecule has 4 saturated heterocycles. The first-order valence-electron chi connectivity index (χ1n) is 26.1. The molecule has 444 valence electrons. The van der Waals surface area contributed by atoms with Gasteiger partial charge >= 0.3 is 0 Å². The zero-order valence-corrected chi connectivity index (χ0v) is 51.8. The fourth-order valence-electron chi connectivity index (χ4n) is 10.4. The van der Waals surface area contributed by atoms with Gasteiger partial charge in [-0.3, -0.25) is 14.4 Å². The predicted octanol–water partition coefficient (Wildman–Crippen LogP) is 3.90. The standard InChI is InChI=1S/C54H73IN2O19S4/c1-12-56-31-24-69-36(22-35(31)65-7)74-48-43(61)41(27(4)71-53(48)73-34-17-15-13-14-16-19-54(64)23-33(59)25(2)38(34)30(54)18-20-78-80-77-11)57-76-37-21-32(58)50(29(6)70-37)79-51(63)39-26(3)40(55)46(49(68-10)45(39)66-8)75-52-44(62)47(67-9)42(60)28(5)72-52/h13-14,18,27-29,31-32,34-37,41-44,47-48,50,52-53,56-58,60-62,64H,12,20-24H2,1-11H3/b14-13-,30-18+/t27-,28+,29-,31+,32+,34+,35+,36+,37+,41-,42+,43+,44-,47-,48-,50-,52+,53+,54+/m1/s1. The minimum atomic E-state index is -1.85. The molecule has 0 unspecified atom stereocenters. The number of likely N-dealkylation sites (N-methyl/N-ethyl adjacent to an activating group) is 1. The summed E-state index contributed by atoms with van der Waals surface area (Å²) in [5.74, 6) is 12.2. The summed E-state index contributed by atoms with van der Waals surface area (Å²) in [6.45, 7) is 11.3. The van der Waals surface area contributed by atoms with E-state index in [1.807, 2.05) is 41.8 Å². The smallest absolute Gasteiger partial charge is 0.229 e. The summed E-state index contributed by atoms with van der Waals surface area (Å²) in [4.78, 5) is 34.2. The Morgan fingerprint density at radius 3 is 2.29 bits per heavy atom. The molecule has 4 fully saturated rings. The number of hydrogen-bond acceptors (Lipinski definition) is 25. The molecule has 0 amide bonds. The Kier molecular flexibility index (Phi) is 24.3. The van der Waals surface area contributed by atoms with Crippen molar-refractivity contribution in [2.24, 2.45) is 0 Å². The third-order valence-corrected chi connectivity index (χ3v) is 21.0. The number of carbonyl (C=O) groups is 2. The molecule has 21 nitrogen and oxygen atoms in total. The molecule has 0 saturated carbocycles. The number of ketones is 1. The first-order valence-corrected chi connectivity index (χ1v) is 32.1. The average Bonchev–Trinajstić information content (AvgIpc) is 3.58. The van der Waals surface area contributed by atoms with Crippen molar-refractivity contribution in [1.82, 2.24) is 10.8 Å². The number of fused-ring (bicyclic) bond motifs is 2. The van der Waals surface area contributed by atoms with E-state index < -0.39 is 108 Å². The molecule has 19 atom stereocenters. The zero-order valence-electron chi connectivity index (χ0n) is 46.3. The van der Waals surface area contributed by atoms with Crippen molar-refractivity contribution in [3.63, 3.8) is 0 Å². The maximum atomic E-state index is 14.4. The van der Waals surface area contributed by atoms with Gasteiger partial charge in [0.15, 0.2) is 41.8 Å². The minimum Gasteiger partial charge on any atom is -0.492 e. The van der Waals surface area contributed by atoms with Crippen molar-refractivity contribution < 1.29 is 92.1 Å². The molecule has 2 aliphatic carbocycles. The number of rotatable bonds is 21. The topological polar surface area (TPSA) is 270 Å². The molecule has 7 rings (SSSR count). The van der Waals surface area contributed by atoms with Gasteiger partial charge in [-0.15, -0.1) is 0 Å². The molecule has 4 heterocycles. The van der Waals surface area contributed by atoms with Crippen LogP contribution in [0.15, 0.2) is 34.9 Å². The Balaban J connectivity index is 1.09. The van der Waals surface area contributed by atoms with Gasteiger partial charge in [0.05, 0.1) is 84.2 Å². The monoisotopic (exact) mass is 1310 g/mol. The molecule has 2 bridgehead atoms. The van der Waals surface area contributed by atoms with Crippen molar-refractivity contribution in [2.45, 2.75) is 176 Å². The van der Waals surface area contributed by atoms with Gasteiger partial charge < -0.3 is 83.0 Å². The van der Waals surface area contributed by atoms with Crippen LogP contribution in [-0.4, -0.2) is 205 Å². The molecule has 0 aromatic heterocycles. The maximum absolute atomic E-state index is 14.4. The summed E-state index contributed by atoms with van der Waals surface area (Å²) < 4.78 is 67.7. The minimum absolute atomic E-state index is 0.0449. The second-order valence-corrected chi connectivity index (χ2v) is 26.3. The highest BCUT2D eigenvalue weighted by Crippen LogP contribution is 2.49. The summed E-state index contributed by atoms with van der Waals surface area (Å²) in [6, 6.07) is -1.14. The maximum Gasteiger partial charge on any atom is 0.229 e. The molecule has 80 heavy (non-hydrogen) atoms. The van der Waals surface area contributed by atoms with Gasteiger partial charge in [-0.2, -0.15) is 5.48 Å². The van der Waals surface area contributed by atoms with Crippen molar-refractivity contribution in [3.8, 4) is 40.9 Å². The fraction of sp³-hybridized carbons (Fsp3) is 0.667. The molecule has 1 aromatic rings. The lowest BCUT2D eigenvalue weighted by atomic mass is 9.74. The van der Waals surface area contributed by atoms with Crippen LogP contribution in [0.1, 0.15) is 69.8 Å². The Morgan fingerprint density at radius 2 is 1.61 bits per heavy atom.